The van der Waals surface area contributed by atoms with E-state index in [1.807, 2.05) is 68.1 Å². The van der Waals surface area contributed by atoms with E-state index in [0.29, 0.717) is 18.8 Å². The fourth-order valence-electron chi connectivity index (χ4n) is 4.16. The first-order valence-electron chi connectivity index (χ1n) is 13.1. The van der Waals surface area contributed by atoms with E-state index in [1.54, 1.807) is 25.6 Å². The van der Waals surface area contributed by atoms with Crippen molar-refractivity contribution in [1.82, 2.24) is 30.7 Å². The van der Waals surface area contributed by atoms with E-state index in [1.165, 1.54) is 6.92 Å². The zero-order valence-corrected chi connectivity index (χ0v) is 24.2. The van der Waals surface area contributed by atoms with Crippen LogP contribution in [-0.2, 0) is 32.2 Å². The Bertz CT molecular complexity index is 1330. The first kappa shape index (κ1) is 30.3. The van der Waals surface area contributed by atoms with Gasteiger partial charge in [-0.2, -0.15) is 15.0 Å². The molecule has 11 heteroatoms. The van der Waals surface area contributed by atoms with Crippen molar-refractivity contribution in [2.75, 3.05) is 13.2 Å². The second-order valence-corrected chi connectivity index (χ2v) is 10.1. The smallest absolute Gasteiger partial charge is 0.349 e. The standard InChI is InChI=1S/C29H38N6O5/c1-8-39-28(38)29(6,7)40-27-19(2)14-23(15-20(27)3)16-34(18-26(37)31-30-22(5)36)17-25-21(4)32-35(33-25)24-12-10-9-11-13-24/h9-15H,8,16-18H2,1-7H3,(H,30,36)(H,31,37). The van der Waals surface area contributed by atoms with Crippen LogP contribution in [-0.4, -0.2) is 56.4 Å². The van der Waals surface area contributed by atoms with Crippen molar-refractivity contribution < 1.29 is 23.9 Å². The van der Waals surface area contributed by atoms with Crippen LogP contribution in [0.5, 0.6) is 5.75 Å². The van der Waals surface area contributed by atoms with Crippen molar-refractivity contribution in [3.63, 3.8) is 0 Å². The highest BCUT2D eigenvalue weighted by Gasteiger charge is 2.32. The summed E-state index contributed by atoms with van der Waals surface area (Å²) in [6, 6.07) is 13.5. The predicted molar refractivity (Wildman–Crippen MR) is 149 cm³/mol. The van der Waals surface area contributed by atoms with E-state index >= 15 is 0 Å². The number of hydrogen-bond acceptors (Lipinski definition) is 8. The van der Waals surface area contributed by atoms with E-state index in [0.717, 1.165) is 33.8 Å². The van der Waals surface area contributed by atoms with Gasteiger partial charge in [0.1, 0.15) is 11.4 Å². The van der Waals surface area contributed by atoms with E-state index < -0.39 is 11.6 Å². The minimum Gasteiger partial charge on any atom is -0.476 e. The summed E-state index contributed by atoms with van der Waals surface area (Å²) in [6.45, 7) is 13.2. The molecule has 0 saturated heterocycles. The summed E-state index contributed by atoms with van der Waals surface area (Å²) in [4.78, 5) is 39.8. The van der Waals surface area contributed by atoms with Gasteiger partial charge in [0.05, 0.1) is 24.5 Å². The number of carbonyl (C=O) groups is 3. The maximum atomic E-state index is 12.6. The number of aryl methyl sites for hydroxylation is 3. The Morgan fingerprint density at radius 2 is 1.62 bits per heavy atom. The third kappa shape index (κ3) is 8.12. The Morgan fingerprint density at radius 3 is 2.23 bits per heavy atom. The third-order valence-electron chi connectivity index (χ3n) is 6.03. The van der Waals surface area contributed by atoms with Crippen LogP contribution in [0, 0.1) is 20.8 Å². The van der Waals surface area contributed by atoms with Crippen LogP contribution in [0.15, 0.2) is 42.5 Å². The molecule has 0 radical (unpaired) electrons. The van der Waals surface area contributed by atoms with Crippen LogP contribution < -0.4 is 15.6 Å². The summed E-state index contributed by atoms with van der Waals surface area (Å²) in [5.74, 6) is -0.562. The van der Waals surface area contributed by atoms with Gasteiger partial charge in [-0.3, -0.25) is 25.3 Å². The SMILES string of the molecule is CCOC(=O)C(C)(C)Oc1c(C)cc(CN(CC(=O)NNC(C)=O)Cc2nn(-c3ccccc3)nc2C)cc1C. The predicted octanol–water partition coefficient (Wildman–Crippen LogP) is 3.08. The molecule has 2 amide bonds. The van der Waals surface area contributed by atoms with Gasteiger partial charge < -0.3 is 9.47 Å². The highest BCUT2D eigenvalue weighted by Crippen LogP contribution is 2.30. The third-order valence-corrected chi connectivity index (χ3v) is 6.03. The topological polar surface area (TPSA) is 128 Å². The molecule has 0 aliphatic heterocycles. The van der Waals surface area contributed by atoms with Crippen LogP contribution in [0.4, 0.5) is 0 Å². The molecule has 0 aliphatic rings. The van der Waals surface area contributed by atoms with Crippen molar-refractivity contribution in [3.8, 4) is 11.4 Å². The van der Waals surface area contributed by atoms with Gasteiger partial charge in [-0.15, -0.1) is 0 Å². The molecule has 1 aromatic heterocycles. The van der Waals surface area contributed by atoms with Crippen molar-refractivity contribution in [2.45, 2.75) is 67.2 Å². The van der Waals surface area contributed by atoms with E-state index in [2.05, 4.69) is 21.0 Å². The molecule has 0 saturated carbocycles. The minimum atomic E-state index is -1.15. The first-order chi connectivity index (χ1) is 18.9. The summed E-state index contributed by atoms with van der Waals surface area (Å²) in [6.07, 6.45) is 0. The number of aromatic nitrogens is 3. The molecule has 3 rings (SSSR count). The molecule has 1 heterocycles. The summed E-state index contributed by atoms with van der Waals surface area (Å²) >= 11 is 0. The van der Waals surface area contributed by atoms with Crippen LogP contribution in [0.2, 0.25) is 0 Å². The molecule has 0 unspecified atom stereocenters. The number of nitrogens with one attached hydrogen (secondary N) is 2. The molecule has 0 spiro atoms. The molecule has 2 N–H and O–H groups in total. The number of para-hydroxylation sites is 1. The number of hydrazine groups is 1. The van der Waals surface area contributed by atoms with Gasteiger partial charge in [0, 0.05) is 20.0 Å². The molecule has 0 atom stereocenters. The lowest BCUT2D eigenvalue weighted by molar-refractivity contribution is -0.158. The molecule has 40 heavy (non-hydrogen) atoms. The molecule has 0 bridgehead atoms. The van der Waals surface area contributed by atoms with Gasteiger partial charge in [-0.05, 0) is 70.4 Å². The second kappa shape index (κ2) is 13.2. The van der Waals surface area contributed by atoms with Crippen molar-refractivity contribution in [3.05, 3.63) is 70.5 Å². The molecule has 2 aromatic carbocycles. The summed E-state index contributed by atoms with van der Waals surface area (Å²) in [7, 11) is 0. The molecule has 214 valence electrons. The van der Waals surface area contributed by atoms with Gasteiger partial charge in [-0.25, -0.2) is 4.79 Å². The number of nitrogens with zero attached hydrogens (tertiary/aromatic N) is 4. The maximum Gasteiger partial charge on any atom is 0.349 e. The lowest BCUT2D eigenvalue weighted by Gasteiger charge is -2.27. The fraction of sp³-hybridized carbons (Fsp3) is 0.414. The largest absolute Gasteiger partial charge is 0.476 e. The van der Waals surface area contributed by atoms with Gasteiger partial charge in [0.2, 0.25) is 5.91 Å². The normalized spacial score (nSPS) is 11.3. The van der Waals surface area contributed by atoms with E-state index in [-0.39, 0.29) is 25.0 Å². The van der Waals surface area contributed by atoms with Crippen molar-refractivity contribution >= 4 is 17.8 Å². The molecule has 3 aromatic rings. The molecular formula is C29H38N6O5. The average molecular weight is 551 g/mol. The lowest BCUT2D eigenvalue weighted by Crippen LogP contribution is -2.45. The van der Waals surface area contributed by atoms with Crippen molar-refractivity contribution in [2.24, 2.45) is 0 Å². The number of benzene rings is 2. The number of hydrogen-bond donors (Lipinski definition) is 2. The molecule has 0 aliphatic carbocycles. The highest BCUT2D eigenvalue weighted by atomic mass is 16.6. The van der Waals surface area contributed by atoms with Gasteiger partial charge in [0.25, 0.3) is 5.91 Å². The molecule has 11 nitrogen and oxygen atoms in total. The fourth-order valence-corrected chi connectivity index (χ4v) is 4.16. The number of carbonyl (C=O) groups excluding carboxylic acids is 3. The second-order valence-electron chi connectivity index (χ2n) is 10.1. The van der Waals surface area contributed by atoms with Crippen molar-refractivity contribution in [1.29, 1.82) is 0 Å². The number of ether oxygens (including phenoxy) is 2. The Kier molecular flexibility index (Phi) is 10.0. The molecular weight excluding hydrogens is 512 g/mol. The number of amides is 2. The Labute approximate surface area is 234 Å². The summed E-state index contributed by atoms with van der Waals surface area (Å²) in [5, 5.41) is 9.21. The van der Waals surface area contributed by atoms with Gasteiger partial charge in [-0.1, -0.05) is 30.3 Å². The quantitative estimate of drug-likeness (QED) is 0.275. The van der Waals surface area contributed by atoms with Crippen LogP contribution >= 0.6 is 0 Å². The number of rotatable bonds is 11. The van der Waals surface area contributed by atoms with E-state index in [4.69, 9.17) is 9.47 Å². The minimum absolute atomic E-state index is 0.00412. The maximum absolute atomic E-state index is 12.6. The van der Waals surface area contributed by atoms with Gasteiger partial charge >= 0.3 is 5.97 Å². The Morgan fingerprint density at radius 1 is 0.975 bits per heavy atom. The van der Waals surface area contributed by atoms with Crippen LogP contribution in [0.1, 0.15) is 55.8 Å². The lowest BCUT2D eigenvalue weighted by atomic mass is 10.0. The number of esters is 1. The van der Waals surface area contributed by atoms with Gasteiger partial charge in [0.15, 0.2) is 5.60 Å². The van der Waals surface area contributed by atoms with Crippen LogP contribution in [0.25, 0.3) is 5.69 Å². The average Bonchev–Trinajstić information content (AvgIpc) is 3.25. The van der Waals surface area contributed by atoms with E-state index in [9.17, 15) is 14.4 Å². The summed E-state index contributed by atoms with van der Waals surface area (Å²) < 4.78 is 11.3. The zero-order valence-electron chi connectivity index (χ0n) is 24.2. The zero-order chi connectivity index (χ0) is 29.4. The first-order valence-corrected chi connectivity index (χ1v) is 13.1. The van der Waals surface area contributed by atoms with Crippen LogP contribution in [0.3, 0.4) is 0 Å². The summed E-state index contributed by atoms with van der Waals surface area (Å²) in [5.41, 5.74) is 8.54. The Hall–Kier alpha value is -4.25. The monoisotopic (exact) mass is 550 g/mol. The molecule has 0 fully saturated rings. The highest BCUT2D eigenvalue weighted by molar-refractivity contribution is 5.82. The Balaban J connectivity index is 1.85.